The normalized spacial score (nSPS) is 11.7. The first kappa shape index (κ1) is 13.6. The highest BCUT2D eigenvalue weighted by atomic mass is 14.9. The van der Waals surface area contributed by atoms with Gasteiger partial charge in [0.15, 0.2) is 0 Å². The van der Waals surface area contributed by atoms with Crippen LogP contribution in [0, 0.1) is 16.7 Å². The minimum Gasteiger partial charge on any atom is -0.347 e. The lowest BCUT2D eigenvalue weighted by Crippen LogP contribution is -2.11. The van der Waals surface area contributed by atoms with Crippen molar-refractivity contribution in [1.29, 1.82) is 5.26 Å². The van der Waals surface area contributed by atoms with E-state index in [1.165, 1.54) is 16.5 Å². The van der Waals surface area contributed by atoms with Crippen molar-refractivity contribution in [3.63, 3.8) is 0 Å². The highest BCUT2D eigenvalue weighted by molar-refractivity contribution is 5.83. The van der Waals surface area contributed by atoms with Crippen LogP contribution < -0.4 is 5.73 Å². The zero-order chi connectivity index (χ0) is 13.9. The molecule has 0 aliphatic heterocycles. The predicted molar refractivity (Wildman–Crippen MR) is 78.7 cm³/mol. The number of hydrogen-bond acceptors (Lipinski definition) is 2. The summed E-state index contributed by atoms with van der Waals surface area (Å²) in [6.45, 7) is 5.51. The van der Waals surface area contributed by atoms with Crippen molar-refractivity contribution in [2.45, 2.75) is 33.2 Å². The largest absolute Gasteiger partial charge is 0.347 e. The molecule has 2 rings (SSSR count). The van der Waals surface area contributed by atoms with Crippen molar-refractivity contribution in [1.82, 2.24) is 4.57 Å². The standard InChI is InChI=1S/C16H21N3/c1-16(2,12-18)8-11-19-10-7-14-13(6-9-17)4-3-5-15(14)19/h3-5,7,10H,6,8-9,11,17H2,1-2H3. The van der Waals surface area contributed by atoms with Crippen molar-refractivity contribution >= 4 is 10.9 Å². The number of aryl methyl sites for hydroxylation is 1. The maximum Gasteiger partial charge on any atom is 0.0684 e. The van der Waals surface area contributed by atoms with Crippen molar-refractivity contribution in [3.05, 3.63) is 36.0 Å². The van der Waals surface area contributed by atoms with Crippen molar-refractivity contribution in [3.8, 4) is 6.07 Å². The highest BCUT2D eigenvalue weighted by Crippen LogP contribution is 2.24. The van der Waals surface area contributed by atoms with Gasteiger partial charge in [-0.05, 0) is 50.9 Å². The second-order valence-electron chi connectivity index (χ2n) is 5.64. The van der Waals surface area contributed by atoms with Crippen molar-refractivity contribution < 1.29 is 0 Å². The molecule has 1 heterocycles. The van der Waals surface area contributed by atoms with Crippen LogP contribution in [-0.2, 0) is 13.0 Å². The smallest absolute Gasteiger partial charge is 0.0684 e. The monoisotopic (exact) mass is 255 g/mol. The molecule has 0 bridgehead atoms. The predicted octanol–water partition coefficient (Wildman–Crippen LogP) is 3.08. The molecule has 3 nitrogen and oxygen atoms in total. The Bertz CT molecular complexity index is 602. The van der Waals surface area contributed by atoms with Crippen LogP contribution in [0.4, 0.5) is 0 Å². The molecular weight excluding hydrogens is 234 g/mol. The Labute approximate surface area is 114 Å². The summed E-state index contributed by atoms with van der Waals surface area (Å²) in [6, 6.07) is 10.9. The Balaban J connectivity index is 2.26. The molecule has 19 heavy (non-hydrogen) atoms. The van der Waals surface area contributed by atoms with Gasteiger partial charge in [-0.15, -0.1) is 0 Å². The second-order valence-corrected chi connectivity index (χ2v) is 5.64. The van der Waals surface area contributed by atoms with Gasteiger partial charge in [0, 0.05) is 23.6 Å². The number of nitriles is 1. The third-order valence-corrected chi connectivity index (χ3v) is 3.60. The van der Waals surface area contributed by atoms with Crippen LogP contribution >= 0.6 is 0 Å². The van der Waals surface area contributed by atoms with E-state index in [-0.39, 0.29) is 5.41 Å². The molecule has 3 heteroatoms. The van der Waals surface area contributed by atoms with Crippen molar-refractivity contribution in [2.24, 2.45) is 11.1 Å². The summed E-state index contributed by atoms with van der Waals surface area (Å²) in [5.41, 5.74) is 7.92. The maximum absolute atomic E-state index is 9.08. The topological polar surface area (TPSA) is 54.7 Å². The molecule has 0 spiro atoms. The van der Waals surface area contributed by atoms with Gasteiger partial charge in [-0.2, -0.15) is 5.26 Å². The molecule has 1 aromatic heterocycles. The second kappa shape index (κ2) is 5.46. The van der Waals surface area contributed by atoms with Crippen LogP contribution in [0.15, 0.2) is 30.5 Å². The van der Waals surface area contributed by atoms with E-state index in [0.29, 0.717) is 6.54 Å². The number of hydrogen-bond donors (Lipinski definition) is 1. The van der Waals surface area contributed by atoms with Crippen LogP contribution in [0.2, 0.25) is 0 Å². The molecule has 0 aliphatic carbocycles. The minimum absolute atomic E-state index is 0.272. The first-order valence-electron chi connectivity index (χ1n) is 6.75. The number of rotatable bonds is 5. The molecule has 0 radical (unpaired) electrons. The summed E-state index contributed by atoms with van der Waals surface area (Å²) in [6.07, 6.45) is 3.87. The van der Waals surface area contributed by atoms with E-state index in [0.717, 1.165) is 19.4 Å². The minimum atomic E-state index is -0.272. The molecule has 0 fully saturated rings. The first-order valence-corrected chi connectivity index (χ1v) is 6.75. The molecule has 0 atom stereocenters. The Morgan fingerprint density at radius 2 is 2.11 bits per heavy atom. The van der Waals surface area contributed by atoms with Crippen molar-refractivity contribution in [2.75, 3.05) is 6.54 Å². The number of nitrogens with two attached hydrogens (primary N) is 1. The molecule has 2 N–H and O–H groups in total. The van der Waals surface area contributed by atoms with Crippen LogP contribution in [0.5, 0.6) is 0 Å². The lowest BCUT2D eigenvalue weighted by molar-refractivity contribution is 0.417. The quantitative estimate of drug-likeness (QED) is 0.892. The van der Waals surface area contributed by atoms with Gasteiger partial charge in [0.2, 0.25) is 0 Å². The summed E-state index contributed by atoms with van der Waals surface area (Å²) in [5, 5.41) is 10.4. The third kappa shape index (κ3) is 2.97. The van der Waals surface area contributed by atoms with Crippen LogP contribution in [-0.4, -0.2) is 11.1 Å². The molecule has 2 aromatic rings. The summed E-state index contributed by atoms with van der Waals surface area (Å²) < 4.78 is 2.23. The highest BCUT2D eigenvalue weighted by Gasteiger charge is 2.16. The average molecular weight is 255 g/mol. The van der Waals surface area contributed by atoms with E-state index in [9.17, 15) is 0 Å². The fraction of sp³-hybridized carbons (Fsp3) is 0.438. The zero-order valence-corrected chi connectivity index (χ0v) is 11.7. The van der Waals surface area contributed by atoms with Gasteiger partial charge in [0.05, 0.1) is 11.5 Å². The average Bonchev–Trinajstić information content (AvgIpc) is 2.81. The molecule has 0 aliphatic rings. The van der Waals surface area contributed by atoms with E-state index in [1.807, 2.05) is 13.8 Å². The SMILES string of the molecule is CC(C)(C#N)CCn1ccc2c(CCN)cccc21. The molecule has 100 valence electrons. The number of fused-ring (bicyclic) bond motifs is 1. The van der Waals surface area contributed by atoms with Crippen LogP contribution in [0.3, 0.4) is 0 Å². The number of nitrogens with zero attached hydrogens (tertiary/aromatic N) is 2. The lowest BCUT2D eigenvalue weighted by atomic mass is 9.91. The summed E-state index contributed by atoms with van der Waals surface area (Å²) in [4.78, 5) is 0. The Hall–Kier alpha value is -1.79. The maximum atomic E-state index is 9.08. The van der Waals surface area contributed by atoms with Gasteiger partial charge in [0.1, 0.15) is 0 Å². The number of benzene rings is 1. The molecular formula is C16H21N3. The van der Waals surface area contributed by atoms with Gasteiger partial charge in [0.25, 0.3) is 0 Å². The number of aromatic nitrogens is 1. The molecule has 0 unspecified atom stereocenters. The van der Waals surface area contributed by atoms with Crippen LogP contribution in [0.25, 0.3) is 10.9 Å². The molecule has 1 aromatic carbocycles. The fourth-order valence-corrected chi connectivity index (χ4v) is 2.31. The fourth-order valence-electron chi connectivity index (χ4n) is 2.31. The van der Waals surface area contributed by atoms with E-state index in [2.05, 4.69) is 41.1 Å². The van der Waals surface area contributed by atoms with Gasteiger partial charge in [-0.3, -0.25) is 0 Å². The third-order valence-electron chi connectivity index (χ3n) is 3.60. The molecule has 0 saturated carbocycles. The Morgan fingerprint density at radius 1 is 1.32 bits per heavy atom. The van der Waals surface area contributed by atoms with Gasteiger partial charge < -0.3 is 10.3 Å². The summed E-state index contributed by atoms with van der Waals surface area (Å²) in [7, 11) is 0. The van der Waals surface area contributed by atoms with Gasteiger partial charge >= 0.3 is 0 Å². The zero-order valence-electron chi connectivity index (χ0n) is 11.7. The summed E-state index contributed by atoms with van der Waals surface area (Å²) >= 11 is 0. The van der Waals surface area contributed by atoms with E-state index < -0.39 is 0 Å². The van der Waals surface area contributed by atoms with E-state index in [4.69, 9.17) is 11.0 Å². The molecule has 0 saturated heterocycles. The van der Waals surface area contributed by atoms with Gasteiger partial charge in [-0.1, -0.05) is 12.1 Å². The Kier molecular flexibility index (Phi) is 3.92. The van der Waals surface area contributed by atoms with E-state index >= 15 is 0 Å². The van der Waals surface area contributed by atoms with Gasteiger partial charge in [-0.25, -0.2) is 0 Å². The van der Waals surface area contributed by atoms with E-state index in [1.54, 1.807) is 0 Å². The first-order chi connectivity index (χ1) is 9.07. The van der Waals surface area contributed by atoms with Crippen LogP contribution in [0.1, 0.15) is 25.8 Å². The Morgan fingerprint density at radius 3 is 2.79 bits per heavy atom. The lowest BCUT2D eigenvalue weighted by Gasteiger charge is -2.15. The summed E-state index contributed by atoms with van der Waals surface area (Å²) in [5.74, 6) is 0. The molecule has 0 amide bonds.